The fourth-order valence-corrected chi connectivity index (χ4v) is 6.39. The second-order valence-electron chi connectivity index (χ2n) is 2.96. The molecule has 0 saturated heterocycles. The van der Waals surface area contributed by atoms with E-state index in [2.05, 4.69) is 38.1 Å². The fourth-order valence-electron chi connectivity index (χ4n) is 1.03. The molecule has 0 nitrogen and oxygen atoms in total. The third-order valence-corrected chi connectivity index (χ3v) is 9.12. The number of hydrogen-bond donors (Lipinski definition) is 0. The van der Waals surface area contributed by atoms with E-state index in [9.17, 15) is 0 Å². The van der Waals surface area contributed by atoms with Crippen LogP contribution in [0.5, 0.6) is 0 Å². The van der Waals surface area contributed by atoms with Crippen LogP contribution in [-0.4, -0.2) is 0 Å². The quantitative estimate of drug-likeness (QED) is 0.743. The van der Waals surface area contributed by atoms with Crippen LogP contribution in [0.25, 0.3) is 0 Å². The van der Waals surface area contributed by atoms with E-state index in [1.165, 1.54) is 5.56 Å². The molecule has 0 spiro atoms. The van der Waals surface area contributed by atoms with Gasteiger partial charge in [0.25, 0.3) is 0 Å². The van der Waals surface area contributed by atoms with Crippen LogP contribution in [0.1, 0.15) is 18.9 Å². The van der Waals surface area contributed by atoms with Crippen LogP contribution >= 0.6 is 19.4 Å². The number of aryl methyl sites for hydroxylation is 1. The Balaban J connectivity index is 2.87. The summed E-state index contributed by atoms with van der Waals surface area (Å²) in [6.07, 6.45) is 1.06. The molecule has 0 aliphatic rings. The van der Waals surface area contributed by atoms with Gasteiger partial charge in [-0.3, -0.25) is 0 Å². The van der Waals surface area contributed by atoms with E-state index in [4.69, 9.17) is 19.4 Å². The summed E-state index contributed by atoms with van der Waals surface area (Å²) in [6, 6.07) is 8.28. The second kappa shape index (κ2) is 4.78. The molecular formula is C10H14Cl2Ru. The summed E-state index contributed by atoms with van der Waals surface area (Å²) in [7, 11) is 12.7. The van der Waals surface area contributed by atoms with Gasteiger partial charge in [-0.2, -0.15) is 0 Å². The van der Waals surface area contributed by atoms with Crippen molar-refractivity contribution in [2.45, 2.75) is 25.3 Å². The van der Waals surface area contributed by atoms with Crippen LogP contribution < -0.4 is 4.16 Å². The number of halogens is 2. The summed E-state index contributed by atoms with van der Waals surface area (Å²) in [6.45, 7) is 4.19. The number of hydrogen-bond acceptors (Lipinski definition) is 0. The Bertz CT molecular complexity index is 267. The molecule has 76 valence electrons. The Hall–Kier alpha value is 0.423. The predicted molar refractivity (Wildman–Crippen MR) is 57.6 cm³/mol. The van der Waals surface area contributed by atoms with Crippen molar-refractivity contribution in [3.05, 3.63) is 29.8 Å². The summed E-state index contributed by atoms with van der Waals surface area (Å²) in [5.74, 6) is 0. The molecule has 0 fully saturated rings. The molecule has 0 atom stereocenters. The molecule has 0 N–H and O–H groups in total. The van der Waals surface area contributed by atoms with Crippen molar-refractivity contribution in [1.82, 2.24) is 0 Å². The van der Waals surface area contributed by atoms with Gasteiger partial charge < -0.3 is 0 Å². The van der Waals surface area contributed by atoms with Gasteiger partial charge in [-0.1, -0.05) is 0 Å². The summed E-state index contributed by atoms with van der Waals surface area (Å²) in [4.78, 5) is 0. The molecule has 0 amide bonds. The van der Waals surface area contributed by atoms with E-state index in [1.54, 1.807) is 0 Å². The van der Waals surface area contributed by atoms with E-state index < -0.39 is 12.8 Å². The van der Waals surface area contributed by atoms with Crippen molar-refractivity contribution < 1.29 is 12.8 Å². The van der Waals surface area contributed by atoms with Crippen LogP contribution in [0.4, 0.5) is 0 Å². The van der Waals surface area contributed by atoms with E-state index in [0.29, 0.717) is 0 Å². The zero-order valence-electron chi connectivity index (χ0n) is 7.83. The minimum atomic E-state index is -2.48. The zero-order chi connectivity index (χ0) is 9.90. The van der Waals surface area contributed by atoms with Gasteiger partial charge in [-0.15, -0.1) is 0 Å². The molecule has 0 heterocycles. The molecule has 0 aromatic heterocycles. The van der Waals surface area contributed by atoms with Gasteiger partial charge in [-0.05, 0) is 0 Å². The van der Waals surface area contributed by atoms with Gasteiger partial charge in [0.15, 0.2) is 0 Å². The number of rotatable bonds is 3. The van der Waals surface area contributed by atoms with Crippen LogP contribution in [0.2, 0.25) is 5.02 Å². The van der Waals surface area contributed by atoms with Crippen molar-refractivity contribution in [1.29, 1.82) is 0 Å². The van der Waals surface area contributed by atoms with Crippen LogP contribution in [0, 0.1) is 6.92 Å². The van der Waals surface area contributed by atoms with E-state index in [0.717, 1.165) is 15.6 Å². The van der Waals surface area contributed by atoms with Crippen molar-refractivity contribution in [2.24, 2.45) is 0 Å². The third-order valence-electron chi connectivity index (χ3n) is 1.70. The van der Waals surface area contributed by atoms with Gasteiger partial charge in [0, 0.05) is 0 Å². The van der Waals surface area contributed by atoms with Gasteiger partial charge >= 0.3 is 91.4 Å². The molecule has 1 rings (SSSR count). The Kier molecular flexibility index (Phi) is 4.22. The van der Waals surface area contributed by atoms with Gasteiger partial charge in [0.2, 0.25) is 0 Å². The minimum absolute atomic E-state index is 0.961. The first-order valence-corrected chi connectivity index (χ1v) is 10.8. The average Bonchev–Trinajstić information content (AvgIpc) is 2.05. The molecule has 13 heavy (non-hydrogen) atoms. The van der Waals surface area contributed by atoms with Crippen molar-refractivity contribution >= 4 is 23.5 Å². The summed E-state index contributed by atoms with van der Waals surface area (Å²) in [5, 5.41) is 0.961. The first-order chi connectivity index (χ1) is 6.06. The molecule has 0 saturated carbocycles. The van der Waals surface area contributed by atoms with Crippen LogP contribution in [-0.2, 0) is 12.8 Å². The molecule has 0 aliphatic carbocycles. The van der Waals surface area contributed by atoms with Gasteiger partial charge in [0.1, 0.15) is 0 Å². The predicted octanol–water partition coefficient (Wildman–Crippen LogP) is 3.91. The molecule has 0 aliphatic heterocycles. The van der Waals surface area contributed by atoms with Gasteiger partial charge in [-0.25, -0.2) is 0 Å². The van der Waals surface area contributed by atoms with E-state index in [-0.39, 0.29) is 0 Å². The average molecular weight is 306 g/mol. The molecule has 0 radical (unpaired) electrons. The maximum atomic E-state index is 6.35. The molecule has 0 unspecified atom stereocenters. The first kappa shape index (κ1) is 11.5. The summed E-state index contributed by atoms with van der Waals surface area (Å²) in [5.41, 5.74) is 1.25. The Morgan fingerprint density at radius 2 is 1.69 bits per heavy atom. The Morgan fingerprint density at radius 1 is 1.15 bits per heavy atom. The topological polar surface area (TPSA) is 0 Å². The standard InChI is InChI=1S/C7H7.C3H7.2ClH.Ru/c1-7-5-3-2-4-6-7;1-3-2;;;/h3-6H,1H3;1,3H2,2H3;2*1H;/q;;;;+2/p-2. The Labute approximate surface area is 91.2 Å². The Morgan fingerprint density at radius 3 is 2.15 bits per heavy atom. The maximum absolute atomic E-state index is 6.35. The molecule has 3 heteroatoms. The van der Waals surface area contributed by atoms with Crippen LogP contribution in [0.3, 0.4) is 0 Å². The summed E-state index contributed by atoms with van der Waals surface area (Å²) >= 11 is -2.48. The molecular weight excluding hydrogens is 292 g/mol. The normalized spacial score (nSPS) is 12.9. The monoisotopic (exact) mass is 306 g/mol. The van der Waals surface area contributed by atoms with Crippen LogP contribution in [0.15, 0.2) is 24.3 Å². The van der Waals surface area contributed by atoms with E-state index in [1.807, 2.05) is 0 Å². The van der Waals surface area contributed by atoms with E-state index >= 15 is 0 Å². The zero-order valence-corrected chi connectivity index (χ0v) is 11.1. The summed E-state index contributed by atoms with van der Waals surface area (Å²) < 4.78 is 1.16. The SMILES string of the molecule is CC[CH2][Ru]([Cl])([Cl])[c]1ccc(C)cc1. The second-order valence-corrected chi connectivity index (χ2v) is 13.5. The van der Waals surface area contributed by atoms with Crippen molar-refractivity contribution in [3.63, 3.8) is 0 Å². The van der Waals surface area contributed by atoms with Gasteiger partial charge in [0.05, 0.1) is 0 Å². The number of benzene rings is 1. The molecule has 1 aromatic carbocycles. The third kappa shape index (κ3) is 3.24. The fraction of sp³-hybridized carbons (Fsp3) is 0.400. The molecule has 1 aromatic rings. The molecule has 0 bridgehead atoms. The van der Waals surface area contributed by atoms with Crippen molar-refractivity contribution in [2.75, 3.05) is 0 Å². The van der Waals surface area contributed by atoms with Crippen molar-refractivity contribution in [3.8, 4) is 0 Å². The first-order valence-electron chi connectivity index (χ1n) is 4.22.